The molecule has 0 aliphatic carbocycles. The highest BCUT2D eigenvalue weighted by Crippen LogP contribution is 2.30. The molecule has 1 N–H and O–H groups in total. The standard InChI is InChI=1S/C27H30FN7/c1-34-11-7-19(8-12-34)14-23-3-4-24(17-31-23)32-27-30-10-6-25(33-27)20-2-5-26(21(15-20)16-29)35-13-9-22(28)18-35/h2-6,10,15,17,19,22H,7-9,11-14,18H2,1H3,(H,30,32,33)/t22-/m1/s1. The maximum absolute atomic E-state index is 13.6. The Morgan fingerprint density at radius 1 is 1.09 bits per heavy atom. The third kappa shape index (κ3) is 5.57. The van der Waals surface area contributed by atoms with E-state index >= 15 is 0 Å². The summed E-state index contributed by atoms with van der Waals surface area (Å²) >= 11 is 0. The predicted molar refractivity (Wildman–Crippen MR) is 135 cm³/mol. The Morgan fingerprint density at radius 2 is 1.94 bits per heavy atom. The molecule has 5 rings (SSSR count). The number of hydrogen-bond donors (Lipinski definition) is 1. The fourth-order valence-electron chi connectivity index (χ4n) is 4.89. The summed E-state index contributed by atoms with van der Waals surface area (Å²) in [6.07, 6.45) is 6.65. The summed E-state index contributed by atoms with van der Waals surface area (Å²) in [5.41, 5.74) is 4.77. The van der Waals surface area contributed by atoms with Gasteiger partial charge in [-0.25, -0.2) is 14.4 Å². The summed E-state index contributed by atoms with van der Waals surface area (Å²) < 4.78 is 13.6. The first kappa shape index (κ1) is 23.2. The molecule has 3 aromatic rings. The summed E-state index contributed by atoms with van der Waals surface area (Å²) in [5, 5.41) is 12.9. The Morgan fingerprint density at radius 3 is 2.66 bits per heavy atom. The molecule has 0 bridgehead atoms. The van der Waals surface area contributed by atoms with E-state index in [0.717, 1.165) is 42.1 Å². The van der Waals surface area contributed by atoms with Crippen molar-refractivity contribution in [3.63, 3.8) is 0 Å². The van der Waals surface area contributed by atoms with Crippen LogP contribution < -0.4 is 10.2 Å². The van der Waals surface area contributed by atoms with Crippen LogP contribution in [0.15, 0.2) is 48.8 Å². The molecule has 2 fully saturated rings. The van der Waals surface area contributed by atoms with E-state index in [-0.39, 0.29) is 0 Å². The highest BCUT2D eigenvalue weighted by molar-refractivity contribution is 5.70. The molecule has 35 heavy (non-hydrogen) atoms. The van der Waals surface area contributed by atoms with Crippen molar-refractivity contribution < 1.29 is 4.39 Å². The summed E-state index contributed by atoms with van der Waals surface area (Å²) in [7, 11) is 2.18. The largest absolute Gasteiger partial charge is 0.367 e. The number of halogens is 1. The lowest BCUT2D eigenvalue weighted by Crippen LogP contribution is -2.31. The zero-order valence-electron chi connectivity index (χ0n) is 20.0. The molecule has 4 heterocycles. The van der Waals surface area contributed by atoms with Crippen molar-refractivity contribution in [3.05, 3.63) is 60.0 Å². The van der Waals surface area contributed by atoms with Crippen molar-refractivity contribution in [1.82, 2.24) is 19.9 Å². The van der Waals surface area contributed by atoms with Gasteiger partial charge in [-0.1, -0.05) is 6.07 Å². The first-order chi connectivity index (χ1) is 17.1. The van der Waals surface area contributed by atoms with Crippen LogP contribution in [0.4, 0.5) is 21.7 Å². The molecule has 0 saturated carbocycles. The zero-order valence-corrected chi connectivity index (χ0v) is 20.0. The molecule has 2 aromatic heterocycles. The number of rotatable bonds is 6. The van der Waals surface area contributed by atoms with Crippen LogP contribution in [0.5, 0.6) is 0 Å². The fourth-order valence-corrected chi connectivity index (χ4v) is 4.89. The molecule has 1 aromatic carbocycles. The van der Waals surface area contributed by atoms with E-state index in [1.165, 1.54) is 12.8 Å². The third-order valence-corrected chi connectivity index (χ3v) is 6.96. The van der Waals surface area contributed by atoms with Gasteiger partial charge in [0.05, 0.1) is 28.8 Å². The number of pyridine rings is 1. The molecule has 2 saturated heterocycles. The van der Waals surface area contributed by atoms with Crippen molar-refractivity contribution in [2.24, 2.45) is 5.92 Å². The van der Waals surface area contributed by atoms with Crippen molar-refractivity contribution in [2.75, 3.05) is 43.4 Å². The maximum Gasteiger partial charge on any atom is 0.227 e. The van der Waals surface area contributed by atoms with Gasteiger partial charge < -0.3 is 15.1 Å². The first-order valence-electron chi connectivity index (χ1n) is 12.2. The van der Waals surface area contributed by atoms with E-state index in [9.17, 15) is 9.65 Å². The monoisotopic (exact) mass is 471 g/mol. The summed E-state index contributed by atoms with van der Waals surface area (Å²) in [6, 6.07) is 13.8. The van der Waals surface area contributed by atoms with Crippen molar-refractivity contribution in [1.29, 1.82) is 5.26 Å². The minimum Gasteiger partial charge on any atom is -0.367 e. The molecular formula is C27H30FN7. The molecule has 0 amide bonds. The second kappa shape index (κ2) is 10.4. The number of anilines is 3. The van der Waals surface area contributed by atoms with Gasteiger partial charge in [-0.3, -0.25) is 4.98 Å². The summed E-state index contributed by atoms with van der Waals surface area (Å²) in [5.74, 6) is 1.17. The number of nitrogens with one attached hydrogen (secondary N) is 1. The van der Waals surface area contributed by atoms with Gasteiger partial charge in [0, 0.05) is 30.5 Å². The van der Waals surface area contributed by atoms with Gasteiger partial charge in [-0.2, -0.15) is 5.26 Å². The van der Waals surface area contributed by atoms with Crippen LogP contribution in [0.2, 0.25) is 0 Å². The molecule has 0 spiro atoms. The number of benzene rings is 1. The van der Waals surface area contributed by atoms with E-state index < -0.39 is 6.17 Å². The fraction of sp³-hybridized carbons (Fsp3) is 0.407. The van der Waals surface area contributed by atoms with Crippen molar-refractivity contribution in [2.45, 2.75) is 31.9 Å². The quantitative estimate of drug-likeness (QED) is 0.563. The third-order valence-electron chi connectivity index (χ3n) is 6.96. The van der Waals surface area contributed by atoms with E-state index in [2.05, 4.69) is 44.4 Å². The van der Waals surface area contributed by atoms with E-state index in [0.29, 0.717) is 42.6 Å². The molecule has 2 aliphatic heterocycles. The van der Waals surface area contributed by atoms with Crippen LogP contribution in [0, 0.1) is 17.2 Å². The van der Waals surface area contributed by atoms with Gasteiger partial charge >= 0.3 is 0 Å². The number of likely N-dealkylation sites (tertiary alicyclic amines) is 1. The van der Waals surface area contributed by atoms with Crippen molar-refractivity contribution in [3.8, 4) is 17.3 Å². The molecule has 7 nitrogen and oxygen atoms in total. The molecule has 0 radical (unpaired) electrons. The second-order valence-electron chi connectivity index (χ2n) is 9.56. The van der Waals surface area contributed by atoms with Gasteiger partial charge in [0.25, 0.3) is 0 Å². The smallest absolute Gasteiger partial charge is 0.227 e. The molecule has 2 aliphatic rings. The normalized spacial score (nSPS) is 19.0. The van der Waals surface area contributed by atoms with Crippen molar-refractivity contribution >= 4 is 17.3 Å². The number of nitriles is 1. The van der Waals surface area contributed by atoms with Gasteiger partial charge in [0.15, 0.2) is 0 Å². The van der Waals surface area contributed by atoms with Gasteiger partial charge in [0.2, 0.25) is 5.95 Å². The number of piperidine rings is 1. The van der Waals surface area contributed by atoms with Gasteiger partial charge in [0.1, 0.15) is 12.2 Å². The second-order valence-corrected chi connectivity index (χ2v) is 9.56. The van der Waals surface area contributed by atoms with Crippen LogP contribution in [-0.4, -0.2) is 59.3 Å². The highest BCUT2D eigenvalue weighted by atomic mass is 19.1. The Bertz CT molecular complexity index is 1200. The predicted octanol–water partition coefficient (Wildman–Crippen LogP) is 4.59. The maximum atomic E-state index is 13.6. The van der Waals surface area contributed by atoms with Crippen LogP contribution in [-0.2, 0) is 6.42 Å². The van der Waals surface area contributed by atoms with Gasteiger partial charge in [-0.15, -0.1) is 0 Å². The van der Waals surface area contributed by atoms with E-state index in [4.69, 9.17) is 0 Å². The first-order valence-corrected chi connectivity index (χ1v) is 12.2. The van der Waals surface area contributed by atoms with Crippen LogP contribution >= 0.6 is 0 Å². The molecule has 180 valence electrons. The number of alkyl halides is 1. The van der Waals surface area contributed by atoms with Crippen LogP contribution in [0.25, 0.3) is 11.3 Å². The SMILES string of the molecule is CN1CCC(Cc2ccc(Nc3nccc(-c4ccc(N5CC[C@@H](F)C5)c(C#N)c4)n3)cn2)CC1. The molecule has 0 unspecified atom stereocenters. The number of hydrogen-bond acceptors (Lipinski definition) is 7. The van der Waals surface area contributed by atoms with E-state index in [1.807, 2.05) is 41.4 Å². The number of aromatic nitrogens is 3. The Balaban J connectivity index is 1.26. The topological polar surface area (TPSA) is 81.0 Å². The molecule has 1 atom stereocenters. The number of nitrogens with zero attached hydrogens (tertiary/aromatic N) is 6. The Hall–Kier alpha value is -3.57. The molecular weight excluding hydrogens is 441 g/mol. The summed E-state index contributed by atoms with van der Waals surface area (Å²) in [6.45, 7) is 3.28. The van der Waals surface area contributed by atoms with Crippen LogP contribution in [0.1, 0.15) is 30.5 Å². The lowest BCUT2D eigenvalue weighted by atomic mass is 9.92. The van der Waals surface area contributed by atoms with Crippen LogP contribution in [0.3, 0.4) is 0 Å². The average Bonchev–Trinajstić information content (AvgIpc) is 3.32. The lowest BCUT2D eigenvalue weighted by Gasteiger charge is -2.28. The minimum atomic E-state index is -0.838. The Kier molecular flexibility index (Phi) is 6.87. The van der Waals surface area contributed by atoms with Gasteiger partial charge in [-0.05, 0) is 82.1 Å². The zero-order chi connectivity index (χ0) is 24.2. The highest BCUT2D eigenvalue weighted by Gasteiger charge is 2.24. The molecule has 8 heteroatoms. The summed E-state index contributed by atoms with van der Waals surface area (Å²) in [4.78, 5) is 17.9. The Labute approximate surface area is 205 Å². The lowest BCUT2D eigenvalue weighted by molar-refractivity contribution is 0.218. The average molecular weight is 472 g/mol. The van der Waals surface area contributed by atoms with E-state index in [1.54, 1.807) is 6.20 Å². The minimum absolute atomic E-state index is 0.334.